The monoisotopic (exact) mass is 256 g/mol. The van der Waals surface area contributed by atoms with Gasteiger partial charge in [-0.2, -0.15) is 0 Å². The predicted molar refractivity (Wildman–Crippen MR) is 75.3 cm³/mol. The van der Waals surface area contributed by atoms with Crippen LogP contribution in [0.1, 0.15) is 5.56 Å². The van der Waals surface area contributed by atoms with Crippen molar-refractivity contribution in [3.05, 3.63) is 60.2 Å². The minimum Gasteiger partial charge on any atom is -0.495 e. The summed E-state index contributed by atoms with van der Waals surface area (Å²) in [5, 5.41) is 5.55. The van der Waals surface area contributed by atoms with Crippen molar-refractivity contribution < 1.29 is 9.53 Å². The molecule has 19 heavy (non-hydrogen) atoms. The number of amides is 2. The molecule has 4 nitrogen and oxygen atoms in total. The van der Waals surface area contributed by atoms with E-state index in [9.17, 15) is 4.79 Å². The molecule has 2 N–H and O–H groups in total. The molecule has 0 aromatic heterocycles. The van der Waals surface area contributed by atoms with Crippen LogP contribution in [0.3, 0.4) is 0 Å². The highest BCUT2D eigenvalue weighted by molar-refractivity contribution is 5.90. The summed E-state index contributed by atoms with van der Waals surface area (Å²) in [6.45, 7) is 0.488. The third kappa shape index (κ3) is 3.74. The molecule has 0 saturated heterocycles. The molecule has 2 amide bonds. The number of urea groups is 1. The van der Waals surface area contributed by atoms with Gasteiger partial charge < -0.3 is 15.4 Å². The summed E-state index contributed by atoms with van der Waals surface area (Å²) in [5.74, 6) is 0.636. The van der Waals surface area contributed by atoms with E-state index < -0.39 is 0 Å². The first-order valence-electron chi connectivity index (χ1n) is 6.01. The number of carbonyl (C=O) groups is 1. The maximum absolute atomic E-state index is 11.8. The summed E-state index contributed by atoms with van der Waals surface area (Å²) >= 11 is 0. The average Bonchev–Trinajstić information content (AvgIpc) is 2.47. The molecule has 0 saturated carbocycles. The van der Waals surface area contributed by atoms with E-state index in [-0.39, 0.29) is 6.03 Å². The molecule has 0 aliphatic rings. The molecule has 98 valence electrons. The number of methoxy groups -OCH3 is 1. The number of ether oxygens (including phenoxy) is 1. The highest BCUT2D eigenvalue weighted by Gasteiger charge is 2.05. The topological polar surface area (TPSA) is 50.4 Å². The molecule has 4 heteroatoms. The van der Waals surface area contributed by atoms with Gasteiger partial charge in [0.05, 0.1) is 12.8 Å². The Labute approximate surface area is 112 Å². The van der Waals surface area contributed by atoms with Crippen LogP contribution in [0, 0.1) is 0 Å². The van der Waals surface area contributed by atoms with Crippen LogP contribution in [0.4, 0.5) is 10.5 Å². The van der Waals surface area contributed by atoms with Gasteiger partial charge in [0.25, 0.3) is 0 Å². The Morgan fingerprint density at radius 2 is 1.74 bits per heavy atom. The van der Waals surface area contributed by atoms with Crippen molar-refractivity contribution in [2.24, 2.45) is 0 Å². The van der Waals surface area contributed by atoms with Crippen molar-refractivity contribution in [1.82, 2.24) is 5.32 Å². The summed E-state index contributed by atoms with van der Waals surface area (Å²) in [7, 11) is 1.57. The van der Waals surface area contributed by atoms with Crippen molar-refractivity contribution in [3.8, 4) is 5.75 Å². The van der Waals surface area contributed by atoms with Gasteiger partial charge in [0.2, 0.25) is 0 Å². The smallest absolute Gasteiger partial charge is 0.319 e. The van der Waals surface area contributed by atoms with E-state index in [2.05, 4.69) is 10.6 Å². The molecular formula is C15H16N2O2. The minimum absolute atomic E-state index is 0.256. The first-order chi connectivity index (χ1) is 9.29. The Kier molecular flexibility index (Phi) is 4.39. The second-order valence-corrected chi connectivity index (χ2v) is 3.99. The van der Waals surface area contributed by atoms with Crippen LogP contribution >= 0.6 is 0 Å². The van der Waals surface area contributed by atoms with Crippen molar-refractivity contribution in [2.75, 3.05) is 12.4 Å². The third-order valence-electron chi connectivity index (χ3n) is 2.65. The standard InChI is InChI=1S/C15H16N2O2/c1-19-14-10-6-5-9-13(14)17-15(18)16-11-12-7-3-2-4-8-12/h2-10H,11H2,1H3,(H2,16,17,18). The first-order valence-corrected chi connectivity index (χ1v) is 6.01. The van der Waals surface area contributed by atoms with E-state index in [1.165, 1.54) is 0 Å². The zero-order valence-corrected chi connectivity index (χ0v) is 10.7. The molecule has 0 atom stereocenters. The van der Waals surface area contributed by atoms with E-state index in [0.29, 0.717) is 18.0 Å². The van der Waals surface area contributed by atoms with Gasteiger partial charge in [-0.3, -0.25) is 0 Å². The molecule has 0 aliphatic carbocycles. The summed E-state index contributed by atoms with van der Waals surface area (Å²) < 4.78 is 5.17. The number of para-hydroxylation sites is 2. The van der Waals surface area contributed by atoms with E-state index in [0.717, 1.165) is 5.56 Å². The molecule has 0 unspecified atom stereocenters. The maximum atomic E-state index is 11.8. The number of carbonyl (C=O) groups excluding carboxylic acids is 1. The van der Waals surface area contributed by atoms with Gasteiger partial charge in [0.15, 0.2) is 0 Å². The average molecular weight is 256 g/mol. The van der Waals surface area contributed by atoms with Crippen LogP contribution in [-0.4, -0.2) is 13.1 Å². The number of anilines is 1. The number of hydrogen-bond acceptors (Lipinski definition) is 2. The lowest BCUT2D eigenvalue weighted by molar-refractivity contribution is 0.251. The summed E-state index contributed by atoms with van der Waals surface area (Å²) in [6.07, 6.45) is 0. The molecule has 2 rings (SSSR count). The fourth-order valence-electron chi connectivity index (χ4n) is 1.69. The highest BCUT2D eigenvalue weighted by Crippen LogP contribution is 2.22. The Balaban J connectivity index is 1.91. The zero-order valence-electron chi connectivity index (χ0n) is 10.7. The number of hydrogen-bond donors (Lipinski definition) is 2. The lowest BCUT2D eigenvalue weighted by Crippen LogP contribution is -2.28. The van der Waals surface area contributed by atoms with E-state index in [4.69, 9.17) is 4.74 Å². The fraction of sp³-hybridized carbons (Fsp3) is 0.133. The molecular weight excluding hydrogens is 240 g/mol. The van der Waals surface area contributed by atoms with Crippen LogP contribution in [0.2, 0.25) is 0 Å². The Bertz CT molecular complexity index is 541. The van der Waals surface area contributed by atoms with Crippen LogP contribution in [0.25, 0.3) is 0 Å². The highest BCUT2D eigenvalue weighted by atomic mass is 16.5. The maximum Gasteiger partial charge on any atom is 0.319 e. The molecule has 0 radical (unpaired) electrons. The Morgan fingerprint density at radius 1 is 1.05 bits per heavy atom. The minimum atomic E-state index is -0.256. The third-order valence-corrected chi connectivity index (χ3v) is 2.65. The van der Waals surface area contributed by atoms with E-state index in [1.54, 1.807) is 19.2 Å². The predicted octanol–water partition coefficient (Wildman–Crippen LogP) is 3.02. The molecule has 0 spiro atoms. The largest absolute Gasteiger partial charge is 0.495 e. The van der Waals surface area contributed by atoms with Gasteiger partial charge in [0, 0.05) is 6.54 Å². The van der Waals surface area contributed by atoms with Gasteiger partial charge in [-0.15, -0.1) is 0 Å². The summed E-state index contributed by atoms with van der Waals surface area (Å²) in [4.78, 5) is 11.8. The van der Waals surface area contributed by atoms with Crippen LogP contribution in [0.5, 0.6) is 5.75 Å². The molecule has 0 bridgehead atoms. The molecule has 2 aromatic rings. The van der Waals surface area contributed by atoms with Gasteiger partial charge in [0.1, 0.15) is 5.75 Å². The second-order valence-electron chi connectivity index (χ2n) is 3.99. The van der Waals surface area contributed by atoms with Gasteiger partial charge >= 0.3 is 6.03 Å². The second kappa shape index (κ2) is 6.44. The Morgan fingerprint density at radius 3 is 2.47 bits per heavy atom. The van der Waals surface area contributed by atoms with Crippen LogP contribution in [0.15, 0.2) is 54.6 Å². The van der Waals surface area contributed by atoms with Gasteiger partial charge in [-0.25, -0.2) is 4.79 Å². The number of benzene rings is 2. The normalized spacial score (nSPS) is 9.74. The van der Waals surface area contributed by atoms with Crippen LogP contribution in [-0.2, 0) is 6.54 Å². The lowest BCUT2D eigenvalue weighted by Gasteiger charge is -2.10. The number of rotatable bonds is 4. The molecule has 0 aliphatic heterocycles. The van der Waals surface area contributed by atoms with E-state index in [1.807, 2.05) is 42.5 Å². The Hall–Kier alpha value is -2.49. The first kappa shape index (κ1) is 13.0. The lowest BCUT2D eigenvalue weighted by atomic mass is 10.2. The van der Waals surface area contributed by atoms with Crippen molar-refractivity contribution in [1.29, 1.82) is 0 Å². The van der Waals surface area contributed by atoms with Crippen molar-refractivity contribution in [3.63, 3.8) is 0 Å². The SMILES string of the molecule is COc1ccccc1NC(=O)NCc1ccccc1. The van der Waals surface area contributed by atoms with Crippen LogP contribution < -0.4 is 15.4 Å². The van der Waals surface area contributed by atoms with Gasteiger partial charge in [-0.05, 0) is 17.7 Å². The van der Waals surface area contributed by atoms with Crippen molar-refractivity contribution in [2.45, 2.75) is 6.54 Å². The molecule has 0 heterocycles. The zero-order chi connectivity index (χ0) is 13.5. The summed E-state index contributed by atoms with van der Waals surface area (Å²) in [5.41, 5.74) is 1.70. The van der Waals surface area contributed by atoms with Crippen molar-refractivity contribution >= 4 is 11.7 Å². The fourth-order valence-corrected chi connectivity index (χ4v) is 1.69. The quantitative estimate of drug-likeness (QED) is 0.883. The van der Waals surface area contributed by atoms with E-state index >= 15 is 0 Å². The number of nitrogens with one attached hydrogen (secondary N) is 2. The summed E-state index contributed by atoms with van der Waals surface area (Å²) in [6, 6.07) is 16.8. The molecule has 2 aromatic carbocycles. The molecule has 0 fully saturated rings. The van der Waals surface area contributed by atoms with Gasteiger partial charge in [-0.1, -0.05) is 42.5 Å².